The largest absolute Gasteiger partial charge is 0.495 e. The molecule has 0 atom stereocenters. The Kier molecular flexibility index (Phi) is 4.50. The number of benzene rings is 2. The molecule has 2 aromatic carbocycles. The average Bonchev–Trinajstić information content (AvgIpc) is 3.12. The fourth-order valence-electron chi connectivity index (χ4n) is 3.09. The first-order chi connectivity index (χ1) is 13.4. The van der Waals surface area contributed by atoms with Crippen molar-refractivity contribution >= 4 is 22.8 Å². The van der Waals surface area contributed by atoms with Crippen LogP contribution in [0.1, 0.15) is 16.8 Å². The van der Waals surface area contributed by atoms with E-state index in [0.717, 1.165) is 34.8 Å². The van der Waals surface area contributed by atoms with Crippen molar-refractivity contribution in [3.05, 3.63) is 77.6 Å². The molecule has 3 aromatic rings. The molecule has 1 aliphatic rings. The lowest BCUT2D eigenvalue weighted by molar-refractivity contribution is -0.137. The lowest BCUT2D eigenvalue weighted by Crippen LogP contribution is -2.06. The maximum absolute atomic E-state index is 13.0. The van der Waals surface area contributed by atoms with Crippen LogP contribution in [0.5, 0.6) is 5.75 Å². The first-order valence-electron chi connectivity index (χ1n) is 8.58. The zero-order valence-corrected chi connectivity index (χ0v) is 14.9. The molecule has 142 valence electrons. The van der Waals surface area contributed by atoms with Crippen molar-refractivity contribution in [3.63, 3.8) is 0 Å². The minimum Gasteiger partial charge on any atom is -0.495 e. The number of methoxy groups -OCH3 is 1. The van der Waals surface area contributed by atoms with Gasteiger partial charge in [-0.05, 0) is 54.1 Å². The van der Waals surface area contributed by atoms with E-state index in [1.165, 1.54) is 13.2 Å². The first kappa shape index (κ1) is 18.0. The number of aliphatic imine (C=N–C) groups is 1. The van der Waals surface area contributed by atoms with E-state index in [4.69, 9.17) is 4.74 Å². The molecule has 1 aliphatic heterocycles. The third-order valence-corrected chi connectivity index (χ3v) is 4.46. The van der Waals surface area contributed by atoms with E-state index in [9.17, 15) is 13.2 Å². The number of nitrogens with zero attached hydrogens (tertiary/aromatic N) is 2. The van der Waals surface area contributed by atoms with Crippen molar-refractivity contribution in [3.8, 4) is 5.75 Å². The highest BCUT2D eigenvalue weighted by molar-refractivity contribution is 6.07. The summed E-state index contributed by atoms with van der Waals surface area (Å²) in [7, 11) is 1.51. The lowest BCUT2D eigenvalue weighted by Gasteiger charge is -2.14. The van der Waals surface area contributed by atoms with E-state index in [2.05, 4.69) is 15.3 Å². The molecule has 0 spiro atoms. The van der Waals surface area contributed by atoms with Gasteiger partial charge in [-0.2, -0.15) is 13.2 Å². The van der Waals surface area contributed by atoms with Gasteiger partial charge in [-0.25, -0.2) is 0 Å². The van der Waals surface area contributed by atoms with Gasteiger partial charge in [0.1, 0.15) is 5.75 Å². The highest BCUT2D eigenvalue weighted by Gasteiger charge is 2.30. The Morgan fingerprint density at radius 3 is 2.64 bits per heavy atom. The van der Waals surface area contributed by atoms with Crippen molar-refractivity contribution in [1.82, 2.24) is 4.98 Å². The van der Waals surface area contributed by atoms with Crippen molar-refractivity contribution in [1.29, 1.82) is 0 Å². The van der Waals surface area contributed by atoms with Crippen molar-refractivity contribution in [2.24, 2.45) is 4.99 Å². The second kappa shape index (κ2) is 6.99. The van der Waals surface area contributed by atoms with Crippen molar-refractivity contribution < 1.29 is 17.9 Å². The Bertz CT molecular complexity index is 1060. The van der Waals surface area contributed by atoms with Crippen molar-refractivity contribution in [2.75, 3.05) is 12.4 Å². The monoisotopic (exact) mass is 383 g/mol. The molecule has 0 saturated carbocycles. The van der Waals surface area contributed by atoms with Crippen LogP contribution in [0.4, 0.5) is 30.2 Å². The number of fused-ring (bicyclic) bond motifs is 1. The van der Waals surface area contributed by atoms with Gasteiger partial charge in [0.25, 0.3) is 0 Å². The number of ether oxygens (including phenoxy) is 1. The Labute approximate surface area is 159 Å². The van der Waals surface area contributed by atoms with E-state index in [-0.39, 0.29) is 0 Å². The van der Waals surface area contributed by atoms with E-state index >= 15 is 0 Å². The third-order valence-electron chi connectivity index (χ3n) is 4.46. The van der Waals surface area contributed by atoms with Gasteiger partial charge in [0, 0.05) is 18.3 Å². The van der Waals surface area contributed by atoms with Gasteiger partial charge in [0.2, 0.25) is 0 Å². The molecule has 7 heteroatoms. The molecule has 2 heterocycles. The molecule has 0 unspecified atom stereocenters. The normalized spacial score (nSPS) is 13.1. The molecule has 28 heavy (non-hydrogen) atoms. The summed E-state index contributed by atoms with van der Waals surface area (Å²) in [6.45, 7) is 0. The molecule has 0 radical (unpaired) electrons. The van der Waals surface area contributed by atoms with Crippen LogP contribution in [0.15, 0.2) is 65.8 Å². The molecule has 1 N–H and O–H groups in total. The molecule has 1 aromatic heterocycles. The number of alkyl halides is 3. The highest BCUT2D eigenvalue weighted by Crippen LogP contribution is 2.35. The quantitative estimate of drug-likeness (QED) is 0.644. The number of hydrogen-bond acceptors (Lipinski definition) is 4. The SMILES string of the molecule is COc1ccc(C2=Nc3cccnc3C2)cc1Nc1cccc(C(F)(F)F)c1. The van der Waals surface area contributed by atoms with Gasteiger partial charge < -0.3 is 10.1 Å². The number of pyridine rings is 1. The summed E-state index contributed by atoms with van der Waals surface area (Å²) in [6, 6.07) is 14.3. The third kappa shape index (κ3) is 3.55. The van der Waals surface area contributed by atoms with E-state index < -0.39 is 11.7 Å². The van der Waals surface area contributed by atoms with Gasteiger partial charge in [0.05, 0.1) is 35.5 Å². The molecular formula is C21H16F3N3O. The summed E-state index contributed by atoms with van der Waals surface area (Å²) in [4.78, 5) is 8.94. The van der Waals surface area contributed by atoms with Crippen LogP contribution in [-0.4, -0.2) is 17.8 Å². The van der Waals surface area contributed by atoms with E-state index in [1.807, 2.05) is 24.3 Å². The number of hydrogen-bond donors (Lipinski definition) is 1. The Hall–Kier alpha value is -3.35. The second-order valence-corrected chi connectivity index (χ2v) is 6.32. The summed E-state index contributed by atoms with van der Waals surface area (Å²) in [6.07, 6.45) is -2.07. The topological polar surface area (TPSA) is 46.5 Å². The summed E-state index contributed by atoms with van der Waals surface area (Å²) >= 11 is 0. The van der Waals surface area contributed by atoms with Gasteiger partial charge >= 0.3 is 6.18 Å². The van der Waals surface area contributed by atoms with Crippen LogP contribution in [0.3, 0.4) is 0 Å². The molecule has 0 fully saturated rings. The Morgan fingerprint density at radius 1 is 1.04 bits per heavy atom. The fourth-order valence-corrected chi connectivity index (χ4v) is 3.09. The van der Waals surface area contributed by atoms with E-state index in [0.29, 0.717) is 23.5 Å². The average molecular weight is 383 g/mol. The van der Waals surface area contributed by atoms with E-state index in [1.54, 1.807) is 18.3 Å². The minimum absolute atomic E-state index is 0.323. The molecule has 4 rings (SSSR count). The molecule has 0 aliphatic carbocycles. The second-order valence-electron chi connectivity index (χ2n) is 6.32. The summed E-state index contributed by atoms with van der Waals surface area (Å²) in [5, 5.41) is 3.03. The molecule has 0 saturated heterocycles. The number of anilines is 2. The maximum atomic E-state index is 13.0. The summed E-state index contributed by atoms with van der Waals surface area (Å²) < 4.78 is 44.3. The van der Waals surface area contributed by atoms with Crippen LogP contribution in [0.2, 0.25) is 0 Å². The molecular weight excluding hydrogens is 367 g/mol. The van der Waals surface area contributed by atoms with Crippen LogP contribution < -0.4 is 10.1 Å². The van der Waals surface area contributed by atoms with Gasteiger partial charge in [-0.3, -0.25) is 9.98 Å². The smallest absolute Gasteiger partial charge is 0.416 e. The zero-order chi connectivity index (χ0) is 19.7. The number of halogens is 3. The standard InChI is InChI=1S/C21H16F3N3O/c1-28-20-8-7-13(17-12-18-16(27-17)6-3-9-25-18)10-19(20)26-15-5-2-4-14(11-15)21(22,23)24/h2-11,26H,12H2,1H3. The highest BCUT2D eigenvalue weighted by atomic mass is 19.4. The van der Waals surface area contributed by atoms with Gasteiger partial charge in [-0.15, -0.1) is 0 Å². The number of nitrogens with one attached hydrogen (secondary N) is 1. The number of rotatable bonds is 4. The predicted molar refractivity (Wildman–Crippen MR) is 102 cm³/mol. The Balaban J connectivity index is 1.66. The van der Waals surface area contributed by atoms with Gasteiger partial charge in [0.15, 0.2) is 0 Å². The Morgan fingerprint density at radius 2 is 1.89 bits per heavy atom. The van der Waals surface area contributed by atoms with Gasteiger partial charge in [-0.1, -0.05) is 6.07 Å². The fraction of sp³-hybridized carbons (Fsp3) is 0.143. The lowest BCUT2D eigenvalue weighted by atomic mass is 10.1. The predicted octanol–water partition coefficient (Wildman–Crippen LogP) is 5.53. The first-order valence-corrected chi connectivity index (χ1v) is 8.58. The number of aromatic nitrogens is 1. The molecule has 0 amide bonds. The maximum Gasteiger partial charge on any atom is 0.416 e. The summed E-state index contributed by atoms with van der Waals surface area (Å²) in [5.74, 6) is 0.524. The zero-order valence-electron chi connectivity index (χ0n) is 14.9. The van der Waals surface area contributed by atoms with Crippen LogP contribution in [0, 0.1) is 0 Å². The van der Waals surface area contributed by atoms with Crippen LogP contribution in [0.25, 0.3) is 0 Å². The minimum atomic E-state index is -4.40. The van der Waals surface area contributed by atoms with Crippen LogP contribution in [-0.2, 0) is 12.6 Å². The van der Waals surface area contributed by atoms with Crippen LogP contribution >= 0.6 is 0 Å². The summed E-state index contributed by atoms with van der Waals surface area (Å²) in [5.41, 5.74) is 3.61. The molecule has 0 bridgehead atoms. The molecule has 4 nitrogen and oxygen atoms in total. The van der Waals surface area contributed by atoms with Crippen molar-refractivity contribution in [2.45, 2.75) is 12.6 Å².